The molecule has 0 fully saturated rings. The third-order valence-corrected chi connectivity index (χ3v) is 1.10. The van der Waals surface area contributed by atoms with Gasteiger partial charge in [-0.15, -0.1) is 0 Å². The van der Waals surface area contributed by atoms with Gasteiger partial charge in [-0.2, -0.15) is 18.2 Å². The fourth-order valence-electron chi connectivity index (χ4n) is 0.424. The van der Waals surface area contributed by atoms with E-state index < -0.39 is 5.97 Å². The van der Waals surface area contributed by atoms with E-state index >= 15 is 0 Å². The molecular formula is C11H9MnO4-. The largest absolute Gasteiger partial charge is 0.214 e. The summed E-state index contributed by atoms with van der Waals surface area (Å²) in [6, 6.07) is 10.0. The van der Waals surface area contributed by atoms with E-state index in [1.807, 2.05) is 30.3 Å². The smallest absolute Gasteiger partial charge is 0.172 e. The van der Waals surface area contributed by atoms with Gasteiger partial charge in [0.15, 0.2) is 0 Å². The number of methoxy groups -OCH3 is 1. The van der Waals surface area contributed by atoms with Crippen molar-refractivity contribution < 1.29 is 34.4 Å². The molecule has 0 spiro atoms. The molecule has 0 atom stereocenters. The molecule has 0 saturated carbocycles. The van der Waals surface area contributed by atoms with Crippen molar-refractivity contribution in [2.45, 2.75) is 0 Å². The maximum atomic E-state index is 10.0. The van der Waals surface area contributed by atoms with Crippen LogP contribution in [0.15, 0.2) is 36.4 Å². The summed E-state index contributed by atoms with van der Waals surface area (Å²) >= 11 is 2.78. The zero-order valence-electron chi connectivity index (χ0n) is 8.48. The molecule has 4 nitrogen and oxygen atoms in total. The fraction of sp³-hybridized carbons (Fsp3) is 0.0909. The van der Waals surface area contributed by atoms with Gasteiger partial charge in [-0.25, -0.2) is 12.1 Å². The molecule has 5 heteroatoms. The number of carbonyl (C=O) groups is 1. The van der Waals surface area contributed by atoms with Crippen molar-refractivity contribution >= 4 is 10.5 Å². The second kappa shape index (κ2) is 23.4. The van der Waals surface area contributed by atoms with Crippen LogP contribution >= 0.6 is 0 Å². The van der Waals surface area contributed by atoms with Gasteiger partial charge < -0.3 is 0 Å². The molecule has 0 aliphatic heterocycles. The van der Waals surface area contributed by atoms with Crippen LogP contribution in [0, 0.1) is 13.3 Å². The quantitative estimate of drug-likeness (QED) is 0.248. The van der Waals surface area contributed by atoms with Crippen molar-refractivity contribution in [3.05, 3.63) is 49.7 Å². The van der Waals surface area contributed by atoms with E-state index in [1.54, 1.807) is 0 Å². The molecule has 0 saturated heterocycles. The first kappa shape index (κ1) is 20.0. The number of rotatable bonds is 1. The molecule has 0 radical (unpaired) electrons. The van der Waals surface area contributed by atoms with E-state index in [9.17, 15) is 4.79 Å². The summed E-state index contributed by atoms with van der Waals surface area (Å²) in [7, 11) is 1.31. The molecule has 0 aromatic heterocycles. The standard InChI is InChI=1S/C5H5.C4H4O2.2CO.Mn/c1-2-4-5-3-1;1-3-4(5)6-2;2*1-2;/h1-5H;3H,2H3;;;/q-1;;;;. The normalized spacial score (nSPS) is 5.56. The third kappa shape index (κ3) is 22.9. The Labute approximate surface area is 102 Å². The van der Waals surface area contributed by atoms with Crippen LogP contribution in [0.25, 0.3) is 0 Å². The van der Waals surface area contributed by atoms with E-state index in [0.29, 0.717) is 0 Å². The molecule has 0 unspecified atom stereocenters. The average Bonchev–Trinajstić information content (AvgIpc) is 2.93. The first-order chi connectivity index (χ1) is 7.81. The van der Waals surface area contributed by atoms with Crippen LogP contribution in [0.5, 0.6) is 0 Å². The van der Waals surface area contributed by atoms with Crippen LogP contribution in [-0.2, 0) is 34.4 Å². The number of hydrogen-bond donors (Lipinski definition) is 0. The average molecular weight is 260 g/mol. The van der Waals surface area contributed by atoms with Crippen LogP contribution in [0.2, 0.25) is 0 Å². The van der Waals surface area contributed by atoms with E-state index in [1.165, 1.54) is 7.11 Å². The minimum absolute atomic E-state index is 0.406. The predicted molar refractivity (Wildman–Crippen MR) is 51.5 cm³/mol. The minimum atomic E-state index is -0.406. The summed E-state index contributed by atoms with van der Waals surface area (Å²) in [6.07, 6.45) is 1.15. The fourth-order valence-corrected chi connectivity index (χ4v) is 0.563. The molecule has 0 aliphatic rings. The zero-order valence-corrected chi connectivity index (χ0v) is 9.66. The van der Waals surface area contributed by atoms with Gasteiger partial charge in [0.1, 0.15) is 0 Å². The summed E-state index contributed by atoms with van der Waals surface area (Å²) in [4.78, 5) is 10.0. The van der Waals surface area contributed by atoms with E-state index in [-0.39, 0.29) is 0 Å². The number of ether oxygens (including phenoxy) is 1. The van der Waals surface area contributed by atoms with Gasteiger partial charge >= 0.3 is 71.4 Å². The van der Waals surface area contributed by atoms with Crippen LogP contribution in [-0.4, -0.2) is 17.7 Å². The molecule has 16 heavy (non-hydrogen) atoms. The summed E-state index contributed by atoms with van der Waals surface area (Å²) in [5, 5.41) is 0. The Morgan fingerprint density at radius 1 is 1.38 bits per heavy atom. The molecule has 0 bridgehead atoms. The maximum absolute atomic E-state index is 10.0. The number of esters is 1. The van der Waals surface area contributed by atoms with Crippen molar-refractivity contribution in [1.29, 1.82) is 0 Å². The number of hydrogen-bond acceptors (Lipinski definition) is 2. The Morgan fingerprint density at radius 3 is 1.94 bits per heavy atom. The van der Waals surface area contributed by atoms with E-state index in [2.05, 4.69) is 38.2 Å². The Bertz CT molecular complexity index is 295. The Morgan fingerprint density at radius 2 is 1.81 bits per heavy atom. The van der Waals surface area contributed by atoms with E-state index in [4.69, 9.17) is 9.30 Å². The van der Waals surface area contributed by atoms with Crippen LogP contribution in [0.4, 0.5) is 0 Å². The van der Waals surface area contributed by atoms with Crippen LogP contribution in [0.1, 0.15) is 0 Å². The van der Waals surface area contributed by atoms with Crippen LogP contribution < -0.4 is 0 Å². The Balaban J connectivity index is -0.000000164. The van der Waals surface area contributed by atoms with Gasteiger partial charge in [0.05, 0.1) is 0 Å². The summed E-state index contributed by atoms with van der Waals surface area (Å²) in [6.45, 7) is 9.00. The number of carbonyl (C=O) groups excluding carboxylic acids is 1. The Kier molecular flexibility index (Phi) is 29.1. The molecule has 1 aromatic rings. The minimum Gasteiger partial charge on any atom is -0.214 e. The van der Waals surface area contributed by atoms with Crippen LogP contribution in [0.3, 0.4) is 0 Å². The molecule has 1 aromatic carbocycles. The van der Waals surface area contributed by atoms with Gasteiger partial charge in [-0.1, -0.05) is 0 Å². The molecule has 0 amide bonds. The molecular weight excluding hydrogens is 251 g/mol. The summed E-state index contributed by atoms with van der Waals surface area (Å²) < 4.78 is 21.5. The zero-order chi connectivity index (χ0) is 13.2. The van der Waals surface area contributed by atoms with Gasteiger partial charge in [0, 0.05) is 0 Å². The SMILES string of the molecule is COC(=O)C=[C]=[Mn].[C-]#[O+].[C-]#[O+].c1cc[cH-]c1. The van der Waals surface area contributed by atoms with E-state index in [0.717, 1.165) is 6.08 Å². The van der Waals surface area contributed by atoms with Crippen molar-refractivity contribution in [3.8, 4) is 0 Å². The second-order valence-corrected chi connectivity index (χ2v) is 2.08. The van der Waals surface area contributed by atoms with Crippen molar-refractivity contribution in [3.63, 3.8) is 0 Å². The topological polar surface area (TPSA) is 66.1 Å². The van der Waals surface area contributed by atoms with Crippen molar-refractivity contribution in [2.24, 2.45) is 0 Å². The first-order valence-electron chi connectivity index (χ1n) is 3.66. The van der Waals surface area contributed by atoms with Gasteiger partial charge in [-0.3, -0.25) is 0 Å². The Hall–Kier alpha value is -1.53. The molecule has 0 heterocycles. The van der Waals surface area contributed by atoms with Crippen molar-refractivity contribution in [1.82, 2.24) is 0 Å². The summed E-state index contributed by atoms with van der Waals surface area (Å²) in [5.74, 6) is -0.406. The van der Waals surface area contributed by atoms with Gasteiger partial charge in [0.2, 0.25) is 0 Å². The van der Waals surface area contributed by atoms with Gasteiger partial charge in [0.25, 0.3) is 0 Å². The second-order valence-electron chi connectivity index (χ2n) is 1.74. The third-order valence-electron chi connectivity index (χ3n) is 0.929. The van der Waals surface area contributed by atoms with Crippen molar-refractivity contribution in [2.75, 3.05) is 7.11 Å². The molecule has 85 valence electrons. The van der Waals surface area contributed by atoms with Gasteiger partial charge in [-0.05, 0) is 0 Å². The molecule has 1 rings (SSSR count). The summed E-state index contributed by atoms with van der Waals surface area (Å²) in [5.41, 5.74) is 0. The first-order valence-corrected chi connectivity index (χ1v) is 4.25. The predicted octanol–water partition coefficient (Wildman–Crippen LogP) is 0.994. The monoisotopic (exact) mass is 260 g/mol. The molecule has 0 N–H and O–H groups in total. The molecule has 0 aliphatic carbocycles. The maximum Gasteiger partial charge on any atom is -0.172 e.